The maximum absolute atomic E-state index is 13.5. The van der Waals surface area contributed by atoms with E-state index in [0.717, 1.165) is 40.4 Å². The Morgan fingerprint density at radius 2 is 1.76 bits per heavy atom. The molecular weight excluding hydrogens is 450 g/mol. The number of H-pyrrole nitrogens is 1. The van der Waals surface area contributed by atoms with Gasteiger partial charge in [-0.2, -0.15) is 4.31 Å². The van der Waals surface area contributed by atoms with E-state index in [4.69, 9.17) is 4.74 Å². The van der Waals surface area contributed by atoms with Crippen LogP contribution < -0.4 is 0 Å². The predicted octanol–water partition coefficient (Wildman–Crippen LogP) is 3.69. The zero-order valence-electron chi connectivity index (χ0n) is 19.3. The van der Waals surface area contributed by atoms with Crippen LogP contribution in [0, 0.1) is 6.92 Å². The molecule has 1 aliphatic carbocycles. The smallest absolute Gasteiger partial charge is 0.248 e. The second-order valence-electron chi connectivity index (χ2n) is 9.89. The number of carbonyl (C=O) groups excluding carboxylic acids is 1. The van der Waals surface area contributed by atoms with Crippen molar-refractivity contribution in [3.63, 3.8) is 0 Å². The highest BCUT2D eigenvalue weighted by molar-refractivity contribution is 7.89. The van der Waals surface area contributed by atoms with Gasteiger partial charge in [0.25, 0.3) is 0 Å². The molecule has 3 aliphatic rings. The Hall–Kier alpha value is -2.68. The highest BCUT2D eigenvalue weighted by Crippen LogP contribution is 2.38. The highest BCUT2D eigenvalue weighted by Gasteiger charge is 2.47. The first kappa shape index (κ1) is 21.8. The number of aromatic nitrogens is 1. The number of fused-ring (bicyclic) bond motifs is 1. The van der Waals surface area contributed by atoms with Crippen LogP contribution in [0.4, 0.5) is 0 Å². The number of nitrogens with zero attached hydrogens (tertiary/aromatic N) is 2. The van der Waals surface area contributed by atoms with Crippen LogP contribution >= 0.6 is 0 Å². The van der Waals surface area contributed by atoms with Gasteiger partial charge in [0, 0.05) is 30.8 Å². The molecule has 0 atom stereocenters. The molecule has 0 bridgehead atoms. The first-order chi connectivity index (χ1) is 16.3. The minimum atomic E-state index is -3.61. The van der Waals surface area contributed by atoms with E-state index in [0.29, 0.717) is 43.4 Å². The van der Waals surface area contributed by atoms with Gasteiger partial charge >= 0.3 is 0 Å². The summed E-state index contributed by atoms with van der Waals surface area (Å²) in [4.78, 5) is 17.8. The van der Waals surface area contributed by atoms with E-state index in [1.54, 1.807) is 10.4 Å². The van der Waals surface area contributed by atoms with Crippen molar-refractivity contribution in [2.75, 3.05) is 26.2 Å². The summed E-state index contributed by atoms with van der Waals surface area (Å²) in [6.45, 7) is 3.36. The van der Waals surface area contributed by atoms with Crippen molar-refractivity contribution >= 4 is 26.8 Å². The number of hydrogen-bond donors (Lipinski definition) is 1. The Labute approximate surface area is 199 Å². The quantitative estimate of drug-likeness (QED) is 0.619. The zero-order chi connectivity index (χ0) is 23.5. The lowest BCUT2D eigenvalue weighted by Crippen LogP contribution is -2.59. The molecule has 1 spiro atoms. The van der Waals surface area contributed by atoms with Crippen LogP contribution in [-0.4, -0.2) is 66.4 Å². The van der Waals surface area contributed by atoms with Gasteiger partial charge in [-0.25, -0.2) is 8.42 Å². The minimum Gasteiger partial charge on any atom is -0.363 e. The number of carbonyl (C=O) groups is 1. The number of rotatable bonds is 4. The zero-order valence-corrected chi connectivity index (χ0v) is 20.1. The summed E-state index contributed by atoms with van der Waals surface area (Å²) in [6, 6.07) is 14.2. The maximum Gasteiger partial charge on any atom is 0.248 e. The summed E-state index contributed by atoms with van der Waals surface area (Å²) in [5.74, 6) is 0.0642. The lowest BCUT2D eigenvalue weighted by molar-refractivity contribution is -0.170. The molecule has 1 saturated carbocycles. The Bertz CT molecular complexity index is 1370. The number of nitrogens with one attached hydrogen (secondary N) is 1. The lowest BCUT2D eigenvalue weighted by Gasteiger charge is -2.46. The van der Waals surface area contributed by atoms with Gasteiger partial charge < -0.3 is 14.6 Å². The third kappa shape index (κ3) is 3.74. The van der Waals surface area contributed by atoms with E-state index in [2.05, 4.69) is 23.2 Å². The summed E-state index contributed by atoms with van der Waals surface area (Å²) in [6.07, 6.45) is 5.26. The molecule has 2 saturated heterocycles. The molecule has 1 amide bonds. The van der Waals surface area contributed by atoms with Gasteiger partial charge in [0.1, 0.15) is 6.61 Å². The predicted molar refractivity (Wildman–Crippen MR) is 130 cm³/mol. The molecule has 6 rings (SSSR count). The largest absolute Gasteiger partial charge is 0.363 e. The van der Waals surface area contributed by atoms with Gasteiger partial charge in [0.15, 0.2) is 0 Å². The highest BCUT2D eigenvalue weighted by atomic mass is 32.2. The first-order valence-corrected chi connectivity index (χ1v) is 13.4. The Morgan fingerprint density at radius 3 is 2.50 bits per heavy atom. The average Bonchev–Trinajstić information content (AvgIpc) is 3.57. The second-order valence-corrected chi connectivity index (χ2v) is 11.8. The van der Waals surface area contributed by atoms with Crippen LogP contribution in [0.5, 0.6) is 0 Å². The standard InChI is InChI=1S/C26H29N3O4S/c1-18-14-20(21-3-2-19-8-11-27-23(19)15-21)4-7-24(18)34(31,32)28-12-9-26(10-13-28)17-29(22-5-6-22)25(30)16-33-26/h2-4,7-8,11,14-15,22,27H,5-6,9-10,12-13,16-17H2,1H3. The maximum atomic E-state index is 13.5. The lowest BCUT2D eigenvalue weighted by atomic mass is 9.90. The number of morpholine rings is 1. The number of aryl methyl sites for hydroxylation is 1. The van der Waals surface area contributed by atoms with Gasteiger partial charge in [-0.15, -0.1) is 0 Å². The molecule has 3 aromatic rings. The van der Waals surface area contributed by atoms with Gasteiger partial charge in [-0.05, 0) is 72.9 Å². The molecule has 3 fully saturated rings. The number of ether oxygens (including phenoxy) is 1. The van der Waals surface area contributed by atoms with E-state index in [1.165, 1.54) is 0 Å². The fourth-order valence-electron chi connectivity index (χ4n) is 5.38. The normalized spacial score (nSPS) is 21.4. The average molecular weight is 480 g/mol. The van der Waals surface area contributed by atoms with Gasteiger partial charge in [0.05, 0.1) is 17.0 Å². The fraction of sp³-hybridized carbons (Fsp3) is 0.423. The molecule has 7 nitrogen and oxygen atoms in total. The molecule has 34 heavy (non-hydrogen) atoms. The summed E-state index contributed by atoms with van der Waals surface area (Å²) in [5.41, 5.74) is 3.42. The van der Waals surface area contributed by atoms with Gasteiger partial charge in [-0.1, -0.05) is 24.3 Å². The molecule has 1 aromatic heterocycles. The van der Waals surface area contributed by atoms with Crippen molar-refractivity contribution < 1.29 is 17.9 Å². The molecule has 2 aromatic carbocycles. The van der Waals surface area contributed by atoms with Crippen molar-refractivity contribution in [1.82, 2.24) is 14.2 Å². The summed E-state index contributed by atoms with van der Waals surface area (Å²) < 4.78 is 34.6. The van der Waals surface area contributed by atoms with Crippen LogP contribution in [0.1, 0.15) is 31.2 Å². The van der Waals surface area contributed by atoms with Crippen molar-refractivity contribution in [1.29, 1.82) is 0 Å². The third-order valence-corrected chi connectivity index (χ3v) is 9.64. The SMILES string of the molecule is Cc1cc(-c2ccc3cc[nH]c3c2)ccc1S(=O)(=O)N1CCC2(CC1)CN(C1CC1)C(=O)CO2. The fourth-order valence-corrected chi connectivity index (χ4v) is 7.03. The van der Waals surface area contributed by atoms with Crippen LogP contribution in [0.2, 0.25) is 0 Å². The van der Waals surface area contributed by atoms with E-state index in [-0.39, 0.29) is 12.5 Å². The van der Waals surface area contributed by atoms with Crippen molar-refractivity contribution in [2.24, 2.45) is 0 Å². The summed E-state index contributed by atoms with van der Waals surface area (Å²) in [7, 11) is -3.61. The molecule has 0 unspecified atom stereocenters. The molecule has 3 heterocycles. The first-order valence-electron chi connectivity index (χ1n) is 12.0. The monoisotopic (exact) mass is 479 g/mol. The van der Waals surface area contributed by atoms with E-state index >= 15 is 0 Å². The number of amides is 1. The topological polar surface area (TPSA) is 82.7 Å². The van der Waals surface area contributed by atoms with Crippen molar-refractivity contribution in [3.8, 4) is 11.1 Å². The molecule has 2 aliphatic heterocycles. The van der Waals surface area contributed by atoms with Crippen molar-refractivity contribution in [2.45, 2.75) is 49.1 Å². The third-order valence-electron chi connectivity index (χ3n) is 7.58. The van der Waals surface area contributed by atoms with Crippen LogP contribution in [0.15, 0.2) is 53.6 Å². The van der Waals surface area contributed by atoms with Gasteiger partial charge in [-0.3, -0.25) is 4.79 Å². The van der Waals surface area contributed by atoms with Crippen molar-refractivity contribution in [3.05, 3.63) is 54.2 Å². The molecule has 178 valence electrons. The Morgan fingerprint density at radius 1 is 1.03 bits per heavy atom. The van der Waals surface area contributed by atoms with E-state index < -0.39 is 15.6 Å². The number of hydrogen-bond acceptors (Lipinski definition) is 4. The number of benzene rings is 2. The van der Waals surface area contributed by atoms with Crippen LogP contribution in [0.25, 0.3) is 22.0 Å². The molecule has 8 heteroatoms. The van der Waals surface area contributed by atoms with Gasteiger partial charge in [0.2, 0.25) is 15.9 Å². The molecule has 1 N–H and O–H groups in total. The second kappa shape index (κ2) is 7.93. The van der Waals surface area contributed by atoms with E-state index in [9.17, 15) is 13.2 Å². The molecular formula is C26H29N3O4S. The summed E-state index contributed by atoms with van der Waals surface area (Å²) >= 11 is 0. The van der Waals surface area contributed by atoms with E-state index in [1.807, 2.05) is 36.2 Å². The molecule has 0 radical (unpaired) electrons. The number of sulfonamides is 1. The Kier molecular flexibility index (Phi) is 5.09. The van der Waals surface area contributed by atoms with Crippen LogP contribution in [0.3, 0.4) is 0 Å². The Balaban J connectivity index is 1.20. The summed E-state index contributed by atoms with van der Waals surface area (Å²) in [5, 5.41) is 1.15. The number of aromatic amines is 1. The number of piperidine rings is 1. The minimum absolute atomic E-state index is 0.0642. The van der Waals surface area contributed by atoms with Crippen LogP contribution in [-0.2, 0) is 19.6 Å².